The van der Waals surface area contributed by atoms with Crippen molar-refractivity contribution < 1.29 is 23.9 Å². The summed E-state index contributed by atoms with van der Waals surface area (Å²) in [5, 5.41) is 2.76. The van der Waals surface area contributed by atoms with Crippen LogP contribution in [0.1, 0.15) is 46.4 Å². The SMILES string of the molecule is COC(=O)c1cc(NC(=O)C2CCCC(N)C2)cc(C(=O)OC)c1.Cl. The Morgan fingerprint density at radius 1 is 1.04 bits per heavy atom. The highest BCUT2D eigenvalue weighted by Crippen LogP contribution is 2.25. The van der Waals surface area contributed by atoms with Gasteiger partial charge in [0.2, 0.25) is 5.91 Å². The first kappa shape index (κ1) is 20.9. The minimum atomic E-state index is -0.601. The van der Waals surface area contributed by atoms with E-state index in [1.54, 1.807) is 0 Å². The van der Waals surface area contributed by atoms with Crippen molar-refractivity contribution in [2.24, 2.45) is 11.7 Å². The number of carbonyl (C=O) groups excluding carboxylic acids is 3. The van der Waals surface area contributed by atoms with Gasteiger partial charge in [0.1, 0.15) is 0 Å². The lowest BCUT2D eigenvalue weighted by atomic mass is 9.85. The fraction of sp³-hybridized carbons (Fsp3) is 0.471. The van der Waals surface area contributed by atoms with Crippen molar-refractivity contribution in [2.75, 3.05) is 19.5 Å². The Morgan fingerprint density at radius 3 is 2.08 bits per heavy atom. The molecule has 8 heteroatoms. The predicted octanol–water partition coefficient (Wildman–Crippen LogP) is 2.14. The van der Waals surface area contributed by atoms with Crippen molar-refractivity contribution in [3.8, 4) is 0 Å². The van der Waals surface area contributed by atoms with Crippen LogP contribution in [-0.2, 0) is 14.3 Å². The van der Waals surface area contributed by atoms with Gasteiger partial charge in [-0.3, -0.25) is 4.79 Å². The molecule has 2 unspecified atom stereocenters. The highest BCUT2D eigenvalue weighted by molar-refractivity contribution is 5.99. The monoisotopic (exact) mass is 370 g/mol. The molecule has 1 aliphatic carbocycles. The predicted molar refractivity (Wildman–Crippen MR) is 94.9 cm³/mol. The molecule has 1 aliphatic rings. The number of ether oxygens (including phenoxy) is 2. The van der Waals surface area contributed by atoms with Crippen LogP contribution in [0.15, 0.2) is 18.2 Å². The number of nitrogens with one attached hydrogen (secondary N) is 1. The van der Waals surface area contributed by atoms with E-state index in [1.165, 1.54) is 32.4 Å². The van der Waals surface area contributed by atoms with Crippen LogP contribution in [0.4, 0.5) is 5.69 Å². The third kappa shape index (κ3) is 5.44. The second-order valence-corrected chi connectivity index (χ2v) is 5.90. The van der Waals surface area contributed by atoms with Crippen molar-refractivity contribution in [2.45, 2.75) is 31.7 Å². The molecule has 3 N–H and O–H groups in total. The van der Waals surface area contributed by atoms with Crippen molar-refractivity contribution >= 4 is 35.9 Å². The standard InChI is InChI=1S/C17H22N2O5.ClH/c1-23-16(21)11-6-12(17(22)24-2)9-14(8-11)19-15(20)10-4-3-5-13(18)7-10;/h6,8-10,13H,3-5,7,18H2,1-2H3,(H,19,20);1H. The Kier molecular flexibility index (Phi) is 7.86. The number of carbonyl (C=O) groups is 3. The number of benzene rings is 1. The van der Waals surface area contributed by atoms with Crippen LogP contribution >= 0.6 is 12.4 Å². The summed E-state index contributed by atoms with van der Waals surface area (Å²) in [6, 6.07) is 4.34. The number of halogens is 1. The van der Waals surface area contributed by atoms with E-state index in [0.29, 0.717) is 12.1 Å². The van der Waals surface area contributed by atoms with Crippen LogP contribution in [0, 0.1) is 5.92 Å². The van der Waals surface area contributed by atoms with E-state index in [2.05, 4.69) is 14.8 Å². The number of hydrogen-bond donors (Lipinski definition) is 2. The molecule has 138 valence electrons. The molecular formula is C17H23ClN2O5. The fourth-order valence-corrected chi connectivity index (χ4v) is 2.88. The first-order valence-electron chi connectivity index (χ1n) is 7.82. The van der Waals surface area contributed by atoms with E-state index in [0.717, 1.165) is 19.3 Å². The maximum Gasteiger partial charge on any atom is 0.337 e. The largest absolute Gasteiger partial charge is 0.465 e. The van der Waals surface area contributed by atoms with Gasteiger partial charge < -0.3 is 20.5 Å². The normalized spacial score (nSPS) is 19.3. The smallest absolute Gasteiger partial charge is 0.337 e. The Bertz CT molecular complexity index is 616. The summed E-state index contributed by atoms with van der Waals surface area (Å²) in [6.07, 6.45) is 3.25. The number of nitrogens with two attached hydrogens (primary N) is 1. The average Bonchev–Trinajstić information content (AvgIpc) is 2.59. The molecule has 0 aromatic heterocycles. The summed E-state index contributed by atoms with van der Waals surface area (Å²) in [6.45, 7) is 0. The summed E-state index contributed by atoms with van der Waals surface area (Å²) in [5.41, 5.74) is 6.59. The molecule has 2 atom stereocenters. The van der Waals surface area contributed by atoms with Crippen LogP contribution in [0.3, 0.4) is 0 Å². The zero-order valence-electron chi connectivity index (χ0n) is 14.2. The number of methoxy groups -OCH3 is 2. The molecule has 0 aliphatic heterocycles. The quantitative estimate of drug-likeness (QED) is 0.786. The number of rotatable bonds is 4. The summed E-state index contributed by atoms with van der Waals surface area (Å²) >= 11 is 0. The fourth-order valence-electron chi connectivity index (χ4n) is 2.88. The van der Waals surface area contributed by atoms with E-state index in [9.17, 15) is 14.4 Å². The molecule has 2 rings (SSSR count). The zero-order chi connectivity index (χ0) is 17.7. The molecule has 1 saturated carbocycles. The van der Waals surface area contributed by atoms with E-state index in [1.807, 2.05) is 0 Å². The minimum Gasteiger partial charge on any atom is -0.465 e. The second-order valence-electron chi connectivity index (χ2n) is 5.90. The van der Waals surface area contributed by atoms with Crippen LogP contribution in [0.5, 0.6) is 0 Å². The molecule has 0 saturated heterocycles. The average molecular weight is 371 g/mol. The lowest BCUT2D eigenvalue weighted by Crippen LogP contribution is -2.34. The highest BCUT2D eigenvalue weighted by atomic mass is 35.5. The van der Waals surface area contributed by atoms with Gasteiger partial charge in [0.15, 0.2) is 0 Å². The Labute approximate surface area is 152 Å². The van der Waals surface area contributed by atoms with E-state index in [-0.39, 0.29) is 41.4 Å². The second kappa shape index (κ2) is 9.39. The van der Waals surface area contributed by atoms with Crippen LogP contribution in [0.25, 0.3) is 0 Å². The molecule has 0 spiro atoms. The first-order valence-corrected chi connectivity index (χ1v) is 7.82. The Balaban J connectivity index is 0.00000312. The van der Waals surface area contributed by atoms with Gasteiger partial charge in [-0.2, -0.15) is 0 Å². The van der Waals surface area contributed by atoms with Crippen LogP contribution in [0.2, 0.25) is 0 Å². The molecule has 0 bridgehead atoms. The third-order valence-electron chi connectivity index (χ3n) is 4.13. The maximum absolute atomic E-state index is 12.4. The van der Waals surface area contributed by atoms with Gasteiger partial charge in [-0.25, -0.2) is 9.59 Å². The van der Waals surface area contributed by atoms with Gasteiger partial charge in [0.05, 0.1) is 25.3 Å². The van der Waals surface area contributed by atoms with Gasteiger partial charge in [-0.1, -0.05) is 6.42 Å². The van der Waals surface area contributed by atoms with Crippen molar-refractivity contribution in [1.82, 2.24) is 0 Å². The van der Waals surface area contributed by atoms with E-state index >= 15 is 0 Å². The molecule has 25 heavy (non-hydrogen) atoms. The number of hydrogen-bond acceptors (Lipinski definition) is 6. The van der Waals surface area contributed by atoms with E-state index < -0.39 is 11.9 Å². The number of amides is 1. The molecule has 1 amide bonds. The van der Waals surface area contributed by atoms with Gasteiger partial charge in [0, 0.05) is 17.6 Å². The lowest BCUT2D eigenvalue weighted by molar-refractivity contribution is -0.120. The summed E-state index contributed by atoms with van der Waals surface area (Å²) in [4.78, 5) is 35.9. The number of anilines is 1. The first-order chi connectivity index (χ1) is 11.4. The van der Waals surface area contributed by atoms with Crippen molar-refractivity contribution in [3.05, 3.63) is 29.3 Å². The van der Waals surface area contributed by atoms with Crippen LogP contribution in [-0.4, -0.2) is 38.1 Å². The van der Waals surface area contributed by atoms with Gasteiger partial charge in [0.25, 0.3) is 0 Å². The van der Waals surface area contributed by atoms with Crippen molar-refractivity contribution in [1.29, 1.82) is 0 Å². The number of esters is 2. The van der Waals surface area contributed by atoms with Crippen LogP contribution < -0.4 is 11.1 Å². The topological polar surface area (TPSA) is 108 Å². The van der Waals surface area contributed by atoms with E-state index in [4.69, 9.17) is 5.73 Å². The zero-order valence-corrected chi connectivity index (χ0v) is 15.1. The summed E-state index contributed by atoms with van der Waals surface area (Å²) < 4.78 is 9.35. The van der Waals surface area contributed by atoms with Gasteiger partial charge >= 0.3 is 11.9 Å². The van der Waals surface area contributed by atoms with Gasteiger partial charge in [-0.15, -0.1) is 12.4 Å². The molecule has 1 aromatic rings. The summed E-state index contributed by atoms with van der Waals surface area (Å²) in [7, 11) is 2.49. The molecule has 0 heterocycles. The molecular weight excluding hydrogens is 348 g/mol. The third-order valence-corrected chi connectivity index (χ3v) is 4.13. The lowest BCUT2D eigenvalue weighted by Gasteiger charge is -2.25. The van der Waals surface area contributed by atoms with Gasteiger partial charge in [-0.05, 0) is 37.5 Å². The molecule has 7 nitrogen and oxygen atoms in total. The molecule has 0 radical (unpaired) electrons. The maximum atomic E-state index is 12.4. The minimum absolute atomic E-state index is 0. The molecule has 1 aromatic carbocycles. The highest BCUT2D eigenvalue weighted by Gasteiger charge is 2.26. The Hall–Kier alpha value is -2.12. The van der Waals surface area contributed by atoms with Crippen molar-refractivity contribution in [3.63, 3.8) is 0 Å². The Morgan fingerprint density at radius 2 is 1.60 bits per heavy atom. The summed E-state index contributed by atoms with van der Waals surface area (Å²) in [5.74, 6) is -1.54. The molecule has 1 fully saturated rings.